The van der Waals surface area contributed by atoms with Crippen LogP contribution in [0.2, 0.25) is 0 Å². The highest BCUT2D eigenvalue weighted by Crippen LogP contribution is 2.43. The van der Waals surface area contributed by atoms with E-state index in [0.717, 1.165) is 28.2 Å². The quantitative estimate of drug-likeness (QED) is 0.191. The summed E-state index contributed by atoms with van der Waals surface area (Å²) in [4.78, 5) is 13.7. The fraction of sp³-hybridized carbons (Fsp3) is 0.281. The molecule has 1 saturated heterocycles. The second kappa shape index (κ2) is 11.3. The maximum absolute atomic E-state index is 11.1. The van der Waals surface area contributed by atoms with Crippen LogP contribution in [0.4, 0.5) is 5.82 Å². The Morgan fingerprint density at radius 2 is 1.47 bits per heavy atom. The van der Waals surface area contributed by atoms with Crippen LogP contribution in [0.25, 0.3) is 11.2 Å². The number of nitrogens with zero attached hydrogens (tertiary/aromatic N) is 4. The van der Waals surface area contributed by atoms with E-state index in [2.05, 4.69) is 20.3 Å². The second-order valence-electron chi connectivity index (χ2n) is 10.6. The van der Waals surface area contributed by atoms with Gasteiger partial charge in [0.1, 0.15) is 41.2 Å². The number of imidazole rings is 1. The lowest BCUT2D eigenvalue weighted by atomic mass is 9.77. The molecule has 222 valence electrons. The largest absolute Gasteiger partial charge is 0.497 e. The van der Waals surface area contributed by atoms with Gasteiger partial charge in [-0.05, 0) is 47.9 Å². The number of anilines is 1. The van der Waals surface area contributed by atoms with Crippen LogP contribution in [0.15, 0.2) is 91.5 Å². The zero-order valence-corrected chi connectivity index (χ0v) is 24.0. The summed E-state index contributed by atoms with van der Waals surface area (Å²) in [5.74, 6) is 1.86. The van der Waals surface area contributed by atoms with Crippen LogP contribution in [-0.2, 0) is 10.3 Å². The molecule has 0 aliphatic carbocycles. The molecule has 3 aromatic carbocycles. The summed E-state index contributed by atoms with van der Waals surface area (Å²) in [7, 11) is 3.25. The summed E-state index contributed by atoms with van der Waals surface area (Å²) in [6, 6.07) is 25.6. The van der Waals surface area contributed by atoms with Gasteiger partial charge in [-0.2, -0.15) is 0 Å². The van der Waals surface area contributed by atoms with Gasteiger partial charge in [-0.1, -0.05) is 54.6 Å². The van der Waals surface area contributed by atoms with Crippen molar-refractivity contribution in [2.45, 2.75) is 36.5 Å². The average Bonchev–Trinajstić information content (AvgIpc) is 3.58. The molecule has 5 aromatic rings. The van der Waals surface area contributed by atoms with Crippen molar-refractivity contribution in [3.05, 3.63) is 108 Å². The molecule has 0 bridgehead atoms. The van der Waals surface area contributed by atoms with Crippen molar-refractivity contribution in [1.29, 1.82) is 0 Å². The zero-order valence-electron chi connectivity index (χ0n) is 24.0. The van der Waals surface area contributed by atoms with Gasteiger partial charge in [0.05, 0.1) is 27.2 Å². The highest BCUT2D eigenvalue weighted by Gasteiger charge is 2.53. The Kier molecular flexibility index (Phi) is 7.49. The Balaban J connectivity index is 1.54. The molecule has 1 fully saturated rings. The maximum Gasteiger partial charge on any atom is 0.168 e. The minimum Gasteiger partial charge on any atom is -0.497 e. The third-order valence-corrected chi connectivity index (χ3v) is 8.10. The summed E-state index contributed by atoms with van der Waals surface area (Å²) in [6.45, 7) is 1.00. The molecule has 0 radical (unpaired) electrons. The van der Waals surface area contributed by atoms with Gasteiger partial charge in [0.15, 0.2) is 23.2 Å². The van der Waals surface area contributed by atoms with Crippen LogP contribution in [0.3, 0.4) is 0 Å². The summed E-state index contributed by atoms with van der Waals surface area (Å²) in [6.07, 6.45) is -0.428. The number of nitrogens with one attached hydrogen (secondary N) is 1. The highest BCUT2D eigenvalue weighted by atomic mass is 16.6. The molecule has 43 heavy (non-hydrogen) atoms. The smallest absolute Gasteiger partial charge is 0.168 e. The molecule has 4 N–H and O–H groups in total. The minimum absolute atomic E-state index is 0.375. The van der Waals surface area contributed by atoms with Crippen molar-refractivity contribution >= 4 is 17.0 Å². The van der Waals surface area contributed by atoms with Gasteiger partial charge in [-0.25, -0.2) is 15.0 Å². The number of aliphatic hydroxyl groups is 3. The number of fused-ring (bicyclic) bond motifs is 1. The van der Waals surface area contributed by atoms with Gasteiger partial charge in [-0.3, -0.25) is 4.57 Å². The fourth-order valence-corrected chi connectivity index (χ4v) is 5.77. The Labute approximate surface area is 248 Å². The first-order chi connectivity index (χ1) is 20.8. The van der Waals surface area contributed by atoms with Crippen molar-refractivity contribution in [2.75, 3.05) is 26.1 Å². The molecular formula is C32H33N5O6. The maximum atomic E-state index is 11.1. The molecule has 6 rings (SSSR count). The first-order valence-corrected chi connectivity index (χ1v) is 13.8. The van der Waals surface area contributed by atoms with Crippen molar-refractivity contribution < 1.29 is 29.5 Å². The normalized spacial score (nSPS) is 22.0. The molecule has 11 nitrogen and oxygen atoms in total. The van der Waals surface area contributed by atoms with E-state index in [1.807, 2.05) is 78.9 Å². The molecule has 0 saturated carbocycles. The molecule has 3 heterocycles. The third kappa shape index (κ3) is 4.76. The van der Waals surface area contributed by atoms with E-state index in [-0.39, 0.29) is 0 Å². The van der Waals surface area contributed by atoms with Crippen molar-refractivity contribution in [2.24, 2.45) is 0 Å². The van der Waals surface area contributed by atoms with Crippen LogP contribution < -0.4 is 14.8 Å². The molecule has 4 atom stereocenters. The lowest BCUT2D eigenvalue weighted by Crippen LogP contribution is -2.44. The fourth-order valence-electron chi connectivity index (χ4n) is 5.77. The molecule has 2 unspecified atom stereocenters. The Hall–Kier alpha value is -4.55. The summed E-state index contributed by atoms with van der Waals surface area (Å²) in [5, 5.41) is 35.1. The van der Waals surface area contributed by atoms with E-state index < -0.39 is 36.2 Å². The number of benzene rings is 3. The predicted molar refractivity (Wildman–Crippen MR) is 159 cm³/mol. The predicted octanol–water partition coefficient (Wildman–Crippen LogP) is 3.25. The first kappa shape index (κ1) is 28.6. The lowest BCUT2D eigenvalue weighted by Gasteiger charge is -2.37. The van der Waals surface area contributed by atoms with Gasteiger partial charge >= 0.3 is 0 Å². The Morgan fingerprint density at radius 3 is 2.00 bits per heavy atom. The van der Waals surface area contributed by atoms with Crippen molar-refractivity contribution in [3.63, 3.8) is 0 Å². The van der Waals surface area contributed by atoms with Crippen LogP contribution in [-0.4, -0.2) is 73.5 Å². The molecule has 1 aliphatic rings. The molecule has 0 spiro atoms. The van der Waals surface area contributed by atoms with E-state index in [9.17, 15) is 15.3 Å². The monoisotopic (exact) mass is 583 g/mol. The topological polar surface area (TPSA) is 144 Å². The van der Waals surface area contributed by atoms with Crippen molar-refractivity contribution in [3.8, 4) is 11.5 Å². The van der Waals surface area contributed by atoms with Crippen LogP contribution in [0, 0.1) is 0 Å². The second-order valence-corrected chi connectivity index (χ2v) is 10.6. The molecular weight excluding hydrogens is 550 g/mol. The van der Waals surface area contributed by atoms with Gasteiger partial charge in [0.2, 0.25) is 0 Å². The van der Waals surface area contributed by atoms with E-state index in [1.54, 1.807) is 18.8 Å². The zero-order chi connectivity index (χ0) is 30.2. The van der Waals surface area contributed by atoms with Crippen LogP contribution in [0.1, 0.15) is 29.8 Å². The summed E-state index contributed by atoms with van der Waals surface area (Å²) >= 11 is 0. The number of hydrogen-bond acceptors (Lipinski definition) is 10. The lowest BCUT2D eigenvalue weighted by molar-refractivity contribution is -0.0950. The van der Waals surface area contributed by atoms with E-state index in [1.165, 1.54) is 19.6 Å². The molecule has 0 amide bonds. The number of methoxy groups -OCH3 is 2. The number of rotatable bonds is 9. The standard InChI is InChI=1S/C32H33N5O6/c1-31(40)27(39)25(17-38)43-30(31)37-19-35-26-28(33-18-34-29(26)37)36-32(20-7-5-4-6-8-20,21-9-13-23(41-2)14-10-21)22-11-15-24(42-3)16-12-22/h4-16,18-19,25,27,30,38-40H,17H2,1-3H3,(H,33,34,36)/t25-,27?,30?,31+/m1/s1. The van der Waals surface area contributed by atoms with Crippen LogP contribution in [0.5, 0.6) is 11.5 Å². The van der Waals surface area contributed by atoms with Gasteiger partial charge in [0, 0.05) is 0 Å². The van der Waals surface area contributed by atoms with Gasteiger partial charge < -0.3 is 34.8 Å². The SMILES string of the molecule is COc1ccc(C(Nc2ncnc3c2ncn3C2O[C@H](CO)C(O)[C@]2(C)O)(c2ccccc2)c2ccc(OC)cc2)cc1. The Morgan fingerprint density at radius 1 is 0.884 bits per heavy atom. The number of ether oxygens (including phenoxy) is 3. The van der Waals surface area contributed by atoms with E-state index in [4.69, 9.17) is 14.2 Å². The van der Waals surface area contributed by atoms with Gasteiger partial charge in [-0.15, -0.1) is 0 Å². The van der Waals surface area contributed by atoms with Crippen molar-refractivity contribution in [1.82, 2.24) is 19.5 Å². The molecule has 2 aromatic heterocycles. The average molecular weight is 584 g/mol. The number of hydrogen-bond donors (Lipinski definition) is 4. The minimum atomic E-state index is -1.71. The van der Waals surface area contributed by atoms with E-state index in [0.29, 0.717) is 17.0 Å². The molecule has 1 aliphatic heterocycles. The van der Waals surface area contributed by atoms with Crippen LogP contribution >= 0.6 is 0 Å². The molecule has 11 heteroatoms. The van der Waals surface area contributed by atoms with E-state index >= 15 is 0 Å². The number of aliphatic hydroxyl groups excluding tert-OH is 2. The number of aromatic nitrogens is 4. The van der Waals surface area contributed by atoms with Gasteiger partial charge in [0.25, 0.3) is 0 Å². The first-order valence-electron chi connectivity index (χ1n) is 13.8. The summed E-state index contributed by atoms with van der Waals surface area (Å²) < 4.78 is 18.3. The summed E-state index contributed by atoms with van der Waals surface area (Å²) in [5.41, 5.74) is 0.884. The Bertz CT molecular complexity index is 1640. The third-order valence-electron chi connectivity index (χ3n) is 8.10. The highest BCUT2D eigenvalue weighted by molar-refractivity contribution is 5.84.